The Morgan fingerprint density at radius 1 is 1.42 bits per heavy atom. The van der Waals surface area contributed by atoms with E-state index in [9.17, 15) is 9.18 Å². The van der Waals surface area contributed by atoms with E-state index in [0.29, 0.717) is 18.5 Å². The lowest BCUT2D eigenvalue weighted by Gasteiger charge is -2.05. The average molecular weight is 263 g/mol. The van der Waals surface area contributed by atoms with Crippen molar-refractivity contribution in [1.29, 1.82) is 0 Å². The standard InChI is InChI=1S/C12H14FN5O/c13-10-4-2-1-3-9(10)5-6-15-12(19)8-18-16-7-11(14)17-18/h1-4,7H,5-6,8H2,(H2,14,17)(H,15,19). The summed E-state index contributed by atoms with van der Waals surface area (Å²) in [7, 11) is 0. The third-order valence-corrected chi connectivity index (χ3v) is 2.51. The van der Waals surface area contributed by atoms with Crippen molar-refractivity contribution in [3.8, 4) is 0 Å². The second kappa shape index (κ2) is 5.94. The number of amides is 1. The fourth-order valence-corrected chi connectivity index (χ4v) is 1.61. The maximum absolute atomic E-state index is 13.3. The van der Waals surface area contributed by atoms with Crippen molar-refractivity contribution >= 4 is 11.7 Å². The molecule has 1 amide bonds. The Kier molecular flexibility index (Phi) is 4.07. The molecular formula is C12H14FN5O. The molecule has 1 heterocycles. The molecule has 2 aromatic rings. The molecule has 2 rings (SSSR count). The summed E-state index contributed by atoms with van der Waals surface area (Å²) in [6, 6.07) is 6.48. The van der Waals surface area contributed by atoms with Gasteiger partial charge in [-0.25, -0.2) is 4.39 Å². The second-order valence-electron chi connectivity index (χ2n) is 3.99. The first-order valence-electron chi connectivity index (χ1n) is 5.81. The Balaban J connectivity index is 1.77. The maximum atomic E-state index is 13.3. The van der Waals surface area contributed by atoms with Gasteiger partial charge in [0.2, 0.25) is 5.91 Å². The molecule has 0 aliphatic carbocycles. The summed E-state index contributed by atoms with van der Waals surface area (Å²) in [5, 5.41) is 10.3. The first kappa shape index (κ1) is 13.0. The van der Waals surface area contributed by atoms with Gasteiger partial charge in [0.05, 0.1) is 6.20 Å². The van der Waals surface area contributed by atoms with E-state index in [4.69, 9.17) is 5.73 Å². The molecule has 0 fully saturated rings. The van der Waals surface area contributed by atoms with Crippen LogP contribution in [0.15, 0.2) is 30.5 Å². The SMILES string of the molecule is Nc1cnn(CC(=O)NCCc2ccccc2F)n1. The summed E-state index contributed by atoms with van der Waals surface area (Å²) < 4.78 is 13.3. The number of carbonyl (C=O) groups excluding carboxylic acids is 1. The normalized spacial score (nSPS) is 10.4. The number of carbonyl (C=O) groups is 1. The van der Waals surface area contributed by atoms with Crippen LogP contribution in [0.5, 0.6) is 0 Å². The highest BCUT2D eigenvalue weighted by Gasteiger charge is 2.05. The zero-order valence-corrected chi connectivity index (χ0v) is 10.2. The van der Waals surface area contributed by atoms with E-state index >= 15 is 0 Å². The minimum absolute atomic E-state index is 0.00548. The zero-order valence-electron chi connectivity index (χ0n) is 10.2. The number of anilines is 1. The summed E-state index contributed by atoms with van der Waals surface area (Å²) in [6.45, 7) is 0.352. The number of benzene rings is 1. The molecule has 0 atom stereocenters. The van der Waals surface area contributed by atoms with Gasteiger partial charge >= 0.3 is 0 Å². The molecule has 0 aliphatic heterocycles. The first-order valence-corrected chi connectivity index (χ1v) is 5.81. The second-order valence-corrected chi connectivity index (χ2v) is 3.99. The maximum Gasteiger partial charge on any atom is 0.243 e. The highest BCUT2D eigenvalue weighted by atomic mass is 19.1. The molecule has 3 N–H and O–H groups in total. The molecule has 1 aromatic heterocycles. The fourth-order valence-electron chi connectivity index (χ4n) is 1.61. The molecular weight excluding hydrogens is 249 g/mol. The minimum atomic E-state index is -0.265. The topological polar surface area (TPSA) is 85.8 Å². The van der Waals surface area contributed by atoms with Gasteiger partial charge in [0, 0.05) is 6.54 Å². The van der Waals surface area contributed by atoms with Gasteiger partial charge in [-0.15, -0.1) is 5.10 Å². The first-order chi connectivity index (χ1) is 9.15. The minimum Gasteiger partial charge on any atom is -0.381 e. The molecule has 19 heavy (non-hydrogen) atoms. The van der Waals surface area contributed by atoms with E-state index in [1.807, 2.05) is 0 Å². The third-order valence-electron chi connectivity index (χ3n) is 2.51. The molecule has 0 unspecified atom stereocenters. The molecule has 1 aromatic carbocycles. The van der Waals surface area contributed by atoms with Crippen molar-refractivity contribution in [3.05, 3.63) is 41.8 Å². The van der Waals surface area contributed by atoms with Gasteiger partial charge < -0.3 is 11.1 Å². The average Bonchev–Trinajstić information content (AvgIpc) is 2.77. The van der Waals surface area contributed by atoms with Crippen LogP contribution in [-0.2, 0) is 17.8 Å². The lowest BCUT2D eigenvalue weighted by Crippen LogP contribution is -2.30. The van der Waals surface area contributed by atoms with Crippen LogP contribution in [-0.4, -0.2) is 27.4 Å². The number of nitrogens with two attached hydrogens (primary N) is 1. The summed E-state index contributed by atoms with van der Waals surface area (Å²) in [5.41, 5.74) is 5.95. The molecule has 0 saturated carbocycles. The number of hydrogen-bond donors (Lipinski definition) is 2. The molecule has 100 valence electrons. The quantitative estimate of drug-likeness (QED) is 0.815. The Hall–Kier alpha value is -2.44. The van der Waals surface area contributed by atoms with Crippen molar-refractivity contribution in [3.63, 3.8) is 0 Å². The summed E-state index contributed by atoms with van der Waals surface area (Å²) in [4.78, 5) is 12.8. The van der Waals surface area contributed by atoms with Gasteiger partial charge in [-0.05, 0) is 18.1 Å². The number of nitrogens with one attached hydrogen (secondary N) is 1. The molecule has 6 nitrogen and oxygen atoms in total. The predicted octanol–water partition coefficient (Wildman–Crippen LogP) is 0.358. The van der Waals surface area contributed by atoms with Crippen LogP contribution >= 0.6 is 0 Å². The van der Waals surface area contributed by atoms with E-state index in [1.54, 1.807) is 18.2 Å². The Bertz CT molecular complexity index is 569. The highest BCUT2D eigenvalue weighted by molar-refractivity contribution is 5.75. The Labute approximate surface area is 109 Å². The van der Waals surface area contributed by atoms with Crippen molar-refractivity contribution in [2.45, 2.75) is 13.0 Å². The fraction of sp³-hybridized carbons (Fsp3) is 0.250. The van der Waals surface area contributed by atoms with Gasteiger partial charge in [-0.3, -0.25) is 4.79 Å². The van der Waals surface area contributed by atoms with Crippen molar-refractivity contribution in [1.82, 2.24) is 20.3 Å². The van der Waals surface area contributed by atoms with Gasteiger partial charge in [0.15, 0.2) is 5.82 Å². The Morgan fingerprint density at radius 3 is 2.89 bits per heavy atom. The van der Waals surface area contributed by atoms with Crippen molar-refractivity contribution in [2.75, 3.05) is 12.3 Å². The highest BCUT2D eigenvalue weighted by Crippen LogP contribution is 2.06. The smallest absolute Gasteiger partial charge is 0.243 e. The number of nitrogen functional groups attached to an aromatic ring is 1. The number of nitrogens with zero attached hydrogens (tertiary/aromatic N) is 3. The van der Waals surface area contributed by atoms with Crippen LogP contribution in [0.25, 0.3) is 0 Å². The van der Waals surface area contributed by atoms with Gasteiger partial charge in [-0.1, -0.05) is 18.2 Å². The molecule has 0 spiro atoms. The molecule has 0 aliphatic rings. The largest absolute Gasteiger partial charge is 0.381 e. The number of halogens is 1. The van der Waals surface area contributed by atoms with Gasteiger partial charge in [0.25, 0.3) is 0 Å². The van der Waals surface area contributed by atoms with Gasteiger partial charge in [-0.2, -0.15) is 9.90 Å². The van der Waals surface area contributed by atoms with Gasteiger partial charge in [0.1, 0.15) is 12.4 Å². The van der Waals surface area contributed by atoms with Crippen LogP contribution in [0.3, 0.4) is 0 Å². The summed E-state index contributed by atoms with van der Waals surface area (Å²) in [6.07, 6.45) is 1.81. The number of aromatic nitrogens is 3. The van der Waals surface area contributed by atoms with Crippen LogP contribution in [0.4, 0.5) is 10.2 Å². The van der Waals surface area contributed by atoms with Crippen LogP contribution < -0.4 is 11.1 Å². The number of rotatable bonds is 5. The monoisotopic (exact) mass is 263 g/mol. The van der Waals surface area contributed by atoms with Crippen molar-refractivity contribution in [2.24, 2.45) is 0 Å². The molecule has 0 bridgehead atoms. The van der Waals surface area contributed by atoms with E-state index in [-0.39, 0.29) is 24.1 Å². The van der Waals surface area contributed by atoms with E-state index in [1.165, 1.54) is 17.1 Å². The summed E-state index contributed by atoms with van der Waals surface area (Å²) in [5.74, 6) is -0.246. The Morgan fingerprint density at radius 2 is 2.21 bits per heavy atom. The lowest BCUT2D eigenvalue weighted by molar-refractivity contribution is -0.122. The van der Waals surface area contributed by atoms with E-state index < -0.39 is 0 Å². The third kappa shape index (κ3) is 3.77. The molecule has 0 saturated heterocycles. The lowest BCUT2D eigenvalue weighted by atomic mass is 10.1. The van der Waals surface area contributed by atoms with Crippen LogP contribution in [0.1, 0.15) is 5.56 Å². The van der Waals surface area contributed by atoms with Crippen molar-refractivity contribution < 1.29 is 9.18 Å². The van der Waals surface area contributed by atoms with E-state index in [2.05, 4.69) is 15.5 Å². The number of hydrogen-bond acceptors (Lipinski definition) is 4. The zero-order chi connectivity index (χ0) is 13.7. The van der Waals surface area contributed by atoms with E-state index in [0.717, 1.165) is 0 Å². The predicted molar refractivity (Wildman–Crippen MR) is 67.5 cm³/mol. The molecule has 0 radical (unpaired) electrons. The van der Waals surface area contributed by atoms with Crippen LogP contribution in [0, 0.1) is 5.82 Å². The summed E-state index contributed by atoms with van der Waals surface area (Å²) >= 11 is 0. The molecule has 7 heteroatoms. The van der Waals surface area contributed by atoms with Crippen LogP contribution in [0.2, 0.25) is 0 Å².